The lowest BCUT2D eigenvalue weighted by molar-refractivity contribution is -0.165. The number of amides is 1. The van der Waals surface area contributed by atoms with Crippen molar-refractivity contribution < 1.29 is 38.4 Å². The van der Waals surface area contributed by atoms with Crippen molar-refractivity contribution in [2.45, 2.75) is 89.4 Å². The van der Waals surface area contributed by atoms with E-state index in [1.165, 1.54) is 6.42 Å². The van der Waals surface area contributed by atoms with Gasteiger partial charge in [0.15, 0.2) is 11.5 Å². The van der Waals surface area contributed by atoms with Gasteiger partial charge in [-0.2, -0.15) is 0 Å². The molecule has 0 radical (unpaired) electrons. The summed E-state index contributed by atoms with van der Waals surface area (Å²) in [5.74, 6) is 1.16. The van der Waals surface area contributed by atoms with Gasteiger partial charge in [-0.05, 0) is 93.2 Å². The minimum absolute atomic E-state index is 0.110. The molecule has 1 amide bonds. The van der Waals surface area contributed by atoms with Gasteiger partial charge in [0.2, 0.25) is 5.91 Å². The average molecular weight is 681 g/mol. The van der Waals surface area contributed by atoms with Crippen LogP contribution < -0.4 is 14.2 Å². The van der Waals surface area contributed by atoms with Crippen LogP contribution >= 0.6 is 0 Å². The summed E-state index contributed by atoms with van der Waals surface area (Å²) in [6.07, 6.45) is 7.23. The Balaban J connectivity index is 1.33. The van der Waals surface area contributed by atoms with E-state index in [2.05, 4.69) is 4.90 Å². The zero-order valence-electron chi connectivity index (χ0n) is 29.6. The number of benzene rings is 2. The van der Waals surface area contributed by atoms with Crippen molar-refractivity contribution in [1.82, 2.24) is 9.80 Å². The van der Waals surface area contributed by atoms with Gasteiger partial charge in [0, 0.05) is 26.2 Å². The Hall–Kier alpha value is -3.34. The summed E-state index contributed by atoms with van der Waals surface area (Å²) in [5, 5.41) is 10.8. The lowest BCUT2D eigenvalue weighted by atomic mass is 9.76. The fraction of sp³-hybridized carbons (Fsp3) is 0.641. The first-order valence-corrected chi connectivity index (χ1v) is 18.3. The van der Waals surface area contributed by atoms with Crippen molar-refractivity contribution in [3.63, 3.8) is 0 Å². The number of aliphatic hydroxyl groups is 1. The number of morpholine rings is 1. The van der Waals surface area contributed by atoms with E-state index in [1.54, 1.807) is 26.0 Å². The number of carbonyl (C=O) groups is 2. The van der Waals surface area contributed by atoms with E-state index in [0.29, 0.717) is 43.9 Å². The normalized spacial score (nSPS) is 21.0. The number of hydrogen-bond donors (Lipinski definition) is 1. The Morgan fingerprint density at radius 3 is 2.41 bits per heavy atom. The molecule has 3 fully saturated rings. The van der Waals surface area contributed by atoms with Crippen LogP contribution in [-0.2, 0) is 25.5 Å². The Labute approximate surface area is 292 Å². The minimum Gasteiger partial charge on any atom is -0.493 e. The maximum absolute atomic E-state index is 14.1. The predicted octanol–water partition coefficient (Wildman–Crippen LogP) is 5.59. The number of esters is 1. The lowest BCUT2D eigenvalue weighted by Crippen LogP contribution is -2.53. The van der Waals surface area contributed by atoms with Gasteiger partial charge in [-0.1, -0.05) is 37.5 Å². The van der Waals surface area contributed by atoms with Crippen LogP contribution in [0.4, 0.5) is 0 Å². The summed E-state index contributed by atoms with van der Waals surface area (Å²) in [4.78, 5) is 32.3. The Bertz CT molecular complexity index is 1340. The van der Waals surface area contributed by atoms with E-state index < -0.39 is 30.1 Å². The third-order valence-corrected chi connectivity index (χ3v) is 10.4. The molecule has 10 heteroatoms. The second-order valence-electron chi connectivity index (χ2n) is 13.7. The molecule has 1 saturated carbocycles. The van der Waals surface area contributed by atoms with Crippen LogP contribution in [0, 0.1) is 11.8 Å². The highest BCUT2D eigenvalue weighted by Crippen LogP contribution is 2.36. The molecule has 270 valence electrons. The van der Waals surface area contributed by atoms with E-state index >= 15 is 0 Å². The minimum atomic E-state index is -0.769. The van der Waals surface area contributed by atoms with Crippen molar-refractivity contribution in [2.75, 3.05) is 60.2 Å². The predicted molar refractivity (Wildman–Crippen MR) is 187 cm³/mol. The van der Waals surface area contributed by atoms with Crippen LogP contribution in [0.25, 0.3) is 0 Å². The molecule has 2 aliphatic heterocycles. The van der Waals surface area contributed by atoms with Gasteiger partial charge in [0.25, 0.3) is 0 Å². The molecule has 5 rings (SSSR count). The highest BCUT2D eigenvalue weighted by atomic mass is 16.5. The molecule has 2 heterocycles. The third-order valence-electron chi connectivity index (χ3n) is 10.4. The summed E-state index contributed by atoms with van der Waals surface area (Å²) < 4.78 is 29.0. The molecule has 2 saturated heterocycles. The van der Waals surface area contributed by atoms with Crippen molar-refractivity contribution in [1.29, 1.82) is 0 Å². The fourth-order valence-corrected chi connectivity index (χ4v) is 7.70. The first-order chi connectivity index (χ1) is 23.9. The molecular weight excluding hydrogens is 624 g/mol. The number of methoxy groups -OCH3 is 2. The van der Waals surface area contributed by atoms with E-state index in [0.717, 1.165) is 88.2 Å². The highest BCUT2D eigenvalue weighted by Gasteiger charge is 2.41. The summed E-state index contributed by atoms with van der Waals surface area (Å²) in [7, 11) is 3.23. The average Bonchev–Trinajstić information content (AvgIpc) is 3.14. The summed E-state index contributed by atoms with van der Waals surface area (Å²) >= 11 is 0. The quantitative estimate of drug-likeness (QED) is 0.241. The first kappa shape index (κ1) is 36.9. The Kier molecular flexibility index (Phi) is 14.0. The van der Waals surface area contributed by atoms with Crippen molar-refractivity contribution in [3.05, 3.63) is 53.6 Å². The van der Waals surface area contributed by atoms with Crippen LogP contribution in [0.2, 0.25) is 0 Å². The summed E-state index contributed by atoms with van der Waals surface area (Å²) in [6, 6.07) is 12.9. The van der Waals surface area contributed by atoms with Gasteiger partial charge in [-0.3, -0.25) is 9.69 Å². The number of aryl methyl sites for hydroxylation is 1. The van der Waals surface area contributed by atoms with Gasteiger partial charge in [0.05, 0.1) is 39.5 Å². The Morgan fingerprint density at radius 2 is 1.67 bits per heavy atom. The molecule has 49 heavy (non-hydrogen) atoms. The molecule has 4 atom stereocenters. The third kappa shape index (κ3) is 10.1. The molecule has 1 N–H and O–H groups in total. The molecule has 3 aliphatic rings. The number of carbonyl (C=O) groups excluding carboxylic acids is 2. The molecule has 2 aromatic rings. The molecule has 0 bridgehead atoms. The van der Waals surface area contributed by atoms with Crippen LogP contribution in [0.1, 0.15) is 81.9 Å². The smallest absolute Gasteiger partial charge is 0.329 e. The topological polar surface area (TPSA) is 107 Å². The zero-order chi connectivity index (χ0) is 34.6. The number of rotatable bonds is 15. The molecule has 1 aliphatic carbocycles. The monoisotopic (exact) mass is 680 g/mol. The number of ether oxygens (including phenoxy) is 5. The van der Waals surface area contributed by atoms with Crippen molar-refractivity contribution >= 4 is 11.9 Å². The second kappa shape index (κ2) is 18.6. The van der Waals surface area contributed by atoms with E-state index in [9.17, 15) is 14.7 Å². The van der Waals surface area contributed by atoms with E-state index in [-0.39, 0.29) is 11.8 Å². The van der Waals surface area contributed by atoms with Gasteiger partial charge < -0.3 is 33.7 Å². The summed E-state index contributed by atoms with van der Waals surface area (Å²) in [5.41, 5.74) is 1.87. The number of nitrogens with zero attached hydrogens (tertiary/aromatic N) is 2. The second-order valence-corrected chi connectivity index (χ2v) is 13.7. The molecular formula is C39H56N2O8. The molecule has 0 spiro atoms. The van der Waals surface area contributed by atoms with Crippen LogP contribution in [0.3, 0.4) is 0 Å². The highest BCUT2D eigenvalue weighted by molar-refractivity contribution is 5.86. The van der Waals surface area contributed by atoms with Gasteiger partial charge in [-0.15, -0.1) is 0 Å². The molecule has 1 unspecified atom stereocenters. The van der Waals surface area contributed by atoms with E-state index in [1.807, 2.05) is 42.5 Å². The SMILES string of the molecule is COc1ccc(CC[C@@H](OC(=O)[C@@H]2CCCCN2C(=O)C(C2CCCCC2)[C@@H](C)O)c2cccc(OCCN3CCOCC3)c2)cc1OC. The van der Waals surface area contributed by atoms with Crippen LogP contribution in [0.15, 0.2) is 42.5 Å². The Morgan fingerprint density at radius 1 is 0.918 bits per heavy atom. The zero-order valence-corrected chi connectivity index (χ0v) is 29.6. The van der Waals surface area contributed by atoms with Crippen LogP contribution in [0.5, 0.6) is 17.2 Å². The first-order valence-electron chi connectivity index (χ1n) is 18.3. The number of piperidine rings is 1. The lowest BCUT2D eigenvalue weighted by Gasteiger charge is -2.40. The van der Waals surface area contributed by atoms with Crippen molar-refractivity contribution in [3.8, 4) is 17.2 Å². The largest absolute Gasteiger partial charge is 0.493 e. The van der Waals surface area contributed by atoms with Crippen LogP contribution in [-0.4, -0.2) is 99.1 Å². The maximum atomic E-state index is 14.1. The molecule has 10 nitrogen and oxygen atoms in total. The number of hydrogen-bond acceptors (Lipinski definition) is 9. The van der Waals surface area contributed by atoms with Gasteiger partial charge in [0.1, 0.15) is 24.5 Å². The standard InChI is InChI=1S/C39H56N2O8/c1-28(42)37(30-10-5-4-6-11-30)38(43)41-19-8-7-14-33(41)39(44)49-34(17-15-29-16-18-35(45-2)36(26-29)46-3)31-12-9-13-32(27-31)48-25-22-40-20-23-47-24-21-40/h9,12-13,16,18,26-28,30,33-34,37,42H,4-8,10-11,14-15,17,19-25H2,1-3H3/t28-,33+,34-,37?/m1/s1. The fourth-order valence-electron chi connectivity index (χ4n) is 7.70. The molecule has 0 aromatic heterocycles. The maximum Gasteiger partial charge on any atom is 0.329 e. The summed E-state index contributed by atoms with van der Waals surface area (Å²) in [6.45, 7) is 6.86. The van der Waals surface area contributed by atoms with Crippen molar-refractivity contribution in [2.24, 2.45) is 11.8 Å². The number of aliphatic hydroxyl groups excluding tert-OH is 1. The van der Waals surface area contributed by atoms with Gasteiger partial charge >= 0.3 is 5.97 Å². The number of likely N-dealkylation sites (tertiary alicyclic amines) is 1. The van der Waals surface area contributed by atoms with E-state index in [4.69, 9.17) is 23.7 Å². The van der Waals surface area contributed by atoms with Gasteiger partial charge in [-0.25, -0.2) is 4.79 Å². The molecule has 2 aromatic carbocycles.